The van der Waals surface area contributed by atoms with Gasteiger partial charge in [0, 0.05) is 18.6 Å². The first-order chi connectivity index (χ1) is 16.5. The van der Waals surface area contributed by atoms with Gasteiger partial charge >= 0.3 is 11.6 Å². The number of carbonyl (C=O) groups excluding carboxylic acids is 2. The van der Waals surface area contributed by atoms with Crippen LogP contribution in [0, 0.1) is 10.1 Å². The van der Waals surface area contributed by atoms with Gasteiger partial charge in [-0.25, -0.2) is 9.36 Å². The molecule has 3 rings (SSSR count). The third-order valence-electron chi connectivity index (χ3n) is 4.77. The Morgan fingerprint density at radius 2 is 2.00 bits per heavy atom. The molecule has 3 aromatic rings. The normalized spacial score (nSPS) is 11.3. The molecule has 0 atom stereocenters. The first-order valence-electron chi connectivity index (χ1n) is 10.9. The van der Waals surface area contributed by atoms with Crippen molar-refractivity contribution < 1.29 is 23.8 Å². The minimum absolute atomic E-state index is 0.0532. The molecular weight excluding hydrogens is 456 g/mol. The number of anilines is 1. The van der Waals surface area contributed by atoms with Crippen LogP contribution in [0.3, 0.4) is 0 Å². The largest absolute Gasteiger partial charge is 0.458 e. The number of nitrogens with zero attached hydrogens (tertiary/aromatic N) is 4. The molecule has 0 unspecified atom stereocenters. The van der Waals surface area contributed by atoms with Crippen LogP contribution in [0.2, 0.25) is 0 Å². The molecule has 0 aliphatic rings. The highest BCUT2D eigenvalue weighted by molar-refractivity contribution is 5.89. The van der Waals surface area contributed by atoms with Crippen LogP contribution in [0.25, 0.3) is 11.2 Å². The summed E-state index contributed by atoms with van der Waals surface area (Å²) in [5.74, 6) is -0.936. The Morgan fingerprint density at radius 3 is 2.60 bits per heavy atom. The van der Waals surface area contributed by atoms with Crippen LogP contribution < -0.4 is 15.4 Å². The number of nitrogens with one attached hydrogen (secondary N) is 2. The van der Waals surface area contributed by atoms with Crippen LogP contribution in [-0.4, -0.2) is 36.9 Å². The van der Waals surface area contributed by atoms with Gasteiger partial charge in [-0.15, -0.1) is 6.58 Å². The molecule has 12 nitrogen and oxygen atoms in total. The zero-order chi connectivity index (χ0) is 25.8. The highest BCUT2D eigenvalue weighted by atomic mass is 16.6. The molecule has 0 saturated heterocycles. The number of rotatable bonds is 9. The fourth-order valence-corrected chi connectivity index (χ4v) is 3.35. The molecular formula is C23H27N6O6+. The van der Waals surface area contributed by atoms with Gasteiger partial charge in [0.2, 0.25) is 11.4 Å². The summed E-state index contributed by atoms with van der Waals surface area (Å²) in [4.78, 5) is 54.9. The molecule has 0 aliphatic carbocycles. The summed E-state index contributed by atoms with van der Waals surface area (Å²) in [5, 5.41) is 13.5. The predicted octanol–water partition coefficient (Wildman–Crippen LogP) is 2.21. The van der Waals surface area contributed by atoms with Crippen LogP contribution in [0.1, 0.15) is 39.2 Å². The number of benzene rings is 1. The summed E-state index contributed by atoms with van der Waals surface area (Å²) in [6.07, 6.45) is 3.78. The molecule has 0 spiro atoms. The van der Waals surface area contributed by atoms with E-state index in [4.69, 9.17) is 4.74 Å². The fraction of sp³-hybridized carbons (Fsp3) is 0.348. The second-order valence-electron chi connectivity index (χ2n) is 8.84. The first kappa shape index (κ1) is 25.3. The number of hydrogen-bond donors (Lipinski definition) is 2. The van der Waals surface area contributed by atoms with Crippen LogP contribution in [0.4, 0.5) is 11.6 Å². The lowest BCUT2D eigenvalue weighted by molar-refractivity contribution is -0.663. The molecule has 2 aromatic heterocycles. The third-order valence-corrected chi connectivity index (χ3v) is 4.77. The fourth-order valence-electron chi connectivity index (χ4n) is 3.35. The van der Waals surface area contributed by atoms with Crippen molar-refractivity contribution in [2.75, 3.05) is 5.32 Å². The van der Waals surface area contributed by atoms with Crippen LogP contribution in [-0.2, 0) is 27.4 Å². The van der Waals surface area contributed by atoms with E-state index in [2.05, 4.69) is 21.9 Å². The van der Waals surface area contributed by atoms with E-state index in [9.17, 15) is 24.5 Å². The monoisotopic (exact) mass is 483 g/mol. The molecule has 1 aromatic carbocycles. The molecule has 0 fully saturated rings. The second-order valence-corrected chi connectivity index (χ2v) is 8.84. The second kappa shape index (κ2) is 10.3. The molecule has 0 bridgehead atoms. The van der Waals surface area contributed by atoms with Gasteiger partial charge in [0.1, 0.15) is 5.60 Å². The van der Waals surface area contributed by atoms with E-state index >= 15 is 0 Å². The maximum absolute atomic E-state index is 13.0. The lowest BCUT2D eigenvalue weighted by Crippen LogP contribution is -2.40. The standard InChI is InChI=1S/C23H26N6O6/c1-5-6-7-17(30)24-22-25-20-19(21(32)26-22)27(12-15-8-10-16(11-9-15)29(33)34)14-28(20)13-18(31)35-23(2,3)4/h5,8-11,14H,1,6-7,12-13H2,2-4H3,(H-,24,25,26,30,32)/p+1. The van der Waals surface area contributed by atoms with Crippen molar-refractivity contribution in [3.8, 4) is 0 Å². The number of allylic oxidation sites excluding steroid dienone is 1. The molecule has 0 saturated carbocycles. The number of hydrogen-bond acceptors (Lipinski definition) is 7. The van der Waals surface area contributed by atoms with Crippen LogP contribution in [0.15, 0.2) is 48.0 Å². The molecule has 0 aliphatic heterocycles. The molecule has 2 N–H and O–H groups in total. The van der Waals surface area contributed by atoms with Gasteiger partial charge in [0.05, 0.1) is 11.5 Å². The van der Waals surface area contributed by atoms with Crippen molar-refractivity contribution in [3.63, 3.8) is 0 Å². The topological polar surface area (TPSA) is 153 Å². The van der Waals surface area contributed by atoms with Gasteiger partial charge in [-0.1, -0.05) is 11.1 Å². The summed E-state index contributed by atoms with van der Waals surface area (Å²) in [6, 6.07) is 5.90. The Labute approximate surface area is 200 Å². The summed E-state index contributed by atoms with van der Waals surface area (Å²) < 4.78 is 8.44. The number of esters is 1. The van der Waals surface area contributed by atoms with Crippen molar-refractivity contribution >= 4 is 34.7 Å². The highest BCUT2D eigenvalue weighted by Crippen LogP contribution is 2.15. The van der Waals surface area contributed by atoms with E-state index in [1.54, 1.807) is 49.9 Å². The highest BCUT2D eigenvalue weighted by Gasteiger charge is 2.26. The van der Waals surface area contributed by atoms with E-state index in [-0.39, 0.29) is 48.2 Å². The first-order valence-corrected chi connectivity index (χ1v) is 10.9. The number of carbonyl (C=O) groups is 2. The summed E-state index contributed by atoms with van der Waals surface area (Å²) >= 11 is 0. The van der Waals surface area contributed by atoms with Gasteiger partial charge in [-0.05, 0) is 44.9 Å². The SMILES string of the molecule is C=CCCC(=O)Nc1nc2c(c(=O)[nH]1)n(Cc1ccc([N+](=O)[O-])cc1)c[n+]2CC(=O)OC(C)(C)C. The Kier molecular flexibility index (Phi) is 7.43. The quantitative estimate of drug-likeness (QED) is 0.156. The van der Waals surface area contributed by atoms with E-state index in [1.807, 2.05) is 0 Å². The average Bonchev–Trinajstić information content (AvgIpc) is 3.08. The number of nitro groups is 1. The van der Waals surface area contributed by atoms with Gasteiger partial charge in [-0.2, -0.15) is 0 Å². The number of H-pyrrole nitrogens is 1. The number of aromatic amines is 1. The Morgan fingerprint density at radius 1 is 1.31 bits per heavy atom. The molecule has 2 heterocycles. The Hall–Kier alpha value is -4.35. The number of amides is 1. The van der Waals surface area contributed by atoms with Crippen LogP contribution >= 0.6 is 0 Å². The zero-order valence-corrected chi connectivity index (χ0v) is 19.7. The molecule has 0 radical (unpaired) electrons. The number of fused-ring (bicyclic) bond motifs is 1. The minimum atomic E-state index is -0.704. The maximum Gasteiger partial charge on any atom is 0.341 e. The van der Waals surface area contributed by atoms with Crippen molar-refractivity contribution in [1.29, 1.82) is 0 Å². The average molecular weight is 484 g/mol. The van der Waals surface area contributed by atoms with Gasteiger partial charge in [0.25, 0.3) is 17.2 Å². The van der Waals surface area contributed by atoms with E-state index in [0.717, 1.165) is 0 Å². The Bertz CT molecular complexity index is 1330. The van der Waals surface area contributed by atoms with Gasteiger partial charge in [-0.3, -0.25) is 34.6 Å². The summed E-state index contributed by atoms with van der Waals surface area (Å²) in [5.41, 5.74) is -0.264. The molecule has 35 heavy (non-hydrogen) atoms. The van der Waals surface area contributed by atoms with Crippen molar-refractivity contribution in [1.82, 2.24) is 14.5 Å². The summed E-state index contributed by atoms with van der Waals surface area (Å²) in [6.45, 7) is 8.77. The van der Waals surface area contributed by atoms with Gasteiger partial charge in [0.15, 0.2) is 12.9 Å². The number of imidazole rings is 1. The smallest absolute Gasteiger partial charge is 0.341 e. The summed E-state index contributed by atoms with van der Waals surface area (Å²) in [7, 11) is 0. The number of nitro benzene ring substituents is 1. The zero-order valence-electron chi connectivity index (χ0n) is 19.7. The van der Waals surface area contributed by atoms with Gasteiger partial charge < -0.3 is 4.74 Å². The lowest BCUT2D eigenvalue weighted by atomic mass is 10.2. The lowest BCUT2D eigenvalue weighted by Gasteiger charge is -2.18. The molecule has 184 valence electrons. The molecule has 12 heteroatoms. The van der Waals surface area contributed by atoms with E-state index in [1.165, 1.54) is 16.7 Å². The van der Waals surface area contributed by atoms with E-state index in [0.29, 0.717) is 12.0 Å². The third kappa shape index (κ3) is 6.59. The maximum atomic E-state index is 13.0. The minimum Gasteiger partial charge on any atom is -0.458 e. The van der Waals surface area contributed by atoms with Crippen molar-refractivity contribution in [2.45, 2.75) is 52.3 Å². The number of ether oxygens (including phenoxy) is 1. The van der Waals surface area contributed by atoms with E-state index < -0.39 is 22.1 Å². The van der Waals surface area contributed by atoms with Crippen molar-refractivity contribution in [2.24, 2.45) is 0 Å². The van der Waals surface area contributed by atoms with Crippen LogP contribution in [0.5, 0.6) is 0 Å². The Balaban J connectivity index is 2.02. The number of non-ortho nitro benzene ring substituents is 1. The molecule has 1 amide bonds. The number of aromatic nitrogens is 4. The predicted molar refractivity (Wildman–Crippen MR) is 127 cm³/mol. The van der Waals surface area contributed by atoms with Crippen molar-refractivity contribution in [3.05, 3.63) is 69.3 Å².